The fourth-order valence-electron chi connectivity index (χ4n) is 4.88. The van der Waals surface area contributed by atoms with Gasteiger partial charge in [0.15, 0.2) is 5.78 Å². The van der Waals surface area contributed by atoms with Crippen LogP contribution in [0.1, 0.15) is 51.5 Å². The Kier molecular flexibility index (Phi) is 3.69. The molecule has 1 atom stereocenters. The number of aryl methyl sites for hydroxylation is 1. The highest BCUT2D eigenvalue weighted by atomic mass is 16.5. The lowest BCUT2D eigenvalue weighted by atomic mass is 9.79. The number of hydrogen-bond donors (Lipinski definition) is 1. The third-order valence-corrected chi connectivity index (χ3v) is 6.25. The van der Waals surface area contributed by atoms with Gasteiger partial charge in [-0.25, -0.2) is 4.98 Å². The van der Waals surface area contributed by atoms with E-state index in [-0.39, 0.29) is 11.7 Å². The third kappa shape index (κ3) is 2.40. The van der Waals surface area contributed by atoms with Crippen LogP contribution in [0.3, 0.4) is 0 Å². The summed E-state index contributed by atoms with van der Waals surface area (Å²) in [6.07, 6.45) is 2.08. The molecule has 2 N–H and O–H groups in total. The molecule has 1 aromatic heterocycles. The van der Waals surface area contributed by atoms with Gasteiger partial charge in [0, 0.05) is 23.3 Å². The Labute approximate surface area is 174 Å². The predicted molar refractivity (Wildman–Crippen MR) is 117 cm³/mol. The quantitative estimate of drug-likeness (QED) is 0.402. The average Bonchev–Trinajstić information content (AvgIpc) is 2.78. The summed E-state index contributed by atoms with van der Waals surface area (Å²) in [7, 11) is 0. The van der Waals surface area contributed by atoms with E-state index in [2.05, 4.69) is 36.4 Å². The molecule has 1 aliphatic carbocycles. The fourth-order valence-corrected chi connectivity index (χ4v) is 4.88. The first-order valence-corrected chi connectivity index (χ1v) is 10.3. The summed E-state index contributed by atoms with van der Waals surface area (Å²) in [4.78, 5) is 17.5. The minimum absolute atomic E-state index is 0.0835. The number of carbonyl (C=O) groups is 1. The zero-order chi connectivity index (χ0) is 20.2. The molecule has 0 fully saturated rings. The number of benzene rings is 3. The first-order valence-electron chi connectivity index (χ1n) is 10.3. The second-order valence-electron chi connectivity index (χ2n) is 7.99. The Morgan fingerprint density at radius 3 is 2.60 bits per heavy atom. The number of carbonyl (C=O) groups excluding carboxylic acids is 1. The Balaban J connectivity index is 1.69. The molecule has 4 nitrogen and oxygen atoms in total. The summed E-state index contributed by atoms with van der Waals surface area (Å²) in [6.45, 7) is 0. The van der Waals surface area contributed by atoms with E-state index in [4.69, 9.17) is 15.5 Å². The fraction of sp³-hybridized carbons (Fsp3) is 0.154. The number of fused-ring (bicyclic) bond motifs is 5. The summed E-state index contributed by atoms with van der Waals surface area (Å²) < 4.78 is 6.42. The highest BCUT2D eigenvalue weighted by Crippen LogP contribution is 2.52. The van der Waals surface area contributed by atoms with Crippen molar-refractivity contribution in [3.05, 3.63) is 94.7 Å². The zero-order valence-electron chi connectivity index (χ0n) is 16.4. The van der Waals surface area contributed by atoms with E-state index in [9.17, 15) is 4.79 Å². The molecule has 1 unspecified atom stereocenters. The molecular formula is C26H20N2O2. The molecule has 3 aromatic carbocycles. The van der Waals surface area contributed by atoms with Gasteiger partial charge >= 0.3 is 0 Å². The number of nitrogens with two attached hydrogens (primary N) is 1. The smallest absolute Gasteiger partial charge is 0.225 e. The van der Waals surface area contributed by atoms with Crippen LogP contribution in [0.5, 0.6) is 11.6 Å². The van der Waals surface area contributed by atoms with Gasteiger partial charge in [0.1, 0.15) is 5.75 Å². The number of Topliss-reactive ketones (excluding diaryl/α,β-unsaturated/α-hetero) is 1. The second-order valence-corrected chi connectivity index (χ2v) is 7.99. The Bertz CT molecular complexity index is 1330. The van der Waals surface area contributed by atoms with Crippen LogP contribution in [0, 0.1) is 0 Å². The highest BCUT2D eigenvalue weighted by molar-refractivity contribution is 6.04. The first-order chi connectivity index (χ1) is 14.7. The Morgan fingerprint density at radius 1 is 0.933 bits per heavy atom. The highest BCUT2D eigenvalue weighted by Gasteiger charge is 2.36. The topological polar surface area (TPSA) is 65.2 Å². The Hall–Kier alpha value is -3.66. The van der Waals surface area contributed by atoms with Crippen LogP contribution in [-0.2, 0) is 6.42 Å². The number of rotatable bonds is 1. The molecule has 0 spiro atoms. The van der Waals surface area contributed by atoms with E-state index >= 15 is 0 Å². The molecule has 0 saturated carbocycles. The number of aromatic nitrogens is 1. The van der Waals surface area contributed by atoms with Gasteiger partial charge in [0.05, 0.1) is 22.5 Å². The van der Waals surface area contributed by atoms with Crippen molar-refractivity contribution in [1.82, 2.24) is 4.98 Å². The normalized spacial score (nSPS) is 17.1. The average molecular weight is 392 g/mol. The summed E-state index contributed by atoms with van der Waals surface area (Å²) in [6, 6.07) is 22.7. The zero-order valence-corrected chi connectivity index (χ0v) is 16.4. The number of pyridine rings is 1. The molecule has 4 heteroatoms. The monoisotopic (exact) mass is 392 g/mol. The molecule has 146 valence electrons. The number of ketones is 1. The van der Waals surface area contributed by atoms with Crippen LogP contribution >= 0.6 is 0 Å². The molecule has 6 rings (SSSR count). The van der Waals surface area contributed by atoms with Gasteiger partial charge in [0.25, 0.3) is 0 Å². The Morgan fingerprint density at radius 2 is 1.73 bits per heavy atom. The van der Waals surface area contributed by atoms with E-state index in [1.807, 2.05) is 30.3 Å². The molecular weight excluding hydrogens is 372 g/mol. The predicted octanol–water partition coefficient (Wildman–Crippen LogP) is 5.62. The molecule has 0 radical (unpaired) electrons. The molecule has 0 saturated heterocycles. The van der Waals surface area contributed by atoms with Gasteiger partial charge in [-0.2, -0.15) is 0 Å². The SMILES string of the molecule is Nc1c2c(nc3c1C(c1ccccc1)c1ccc4ccccc4c1O3)CCCC2=O. The molecule has 30 heavy (non-hydrogen) atoms. The molecule has 4 aromatic rings. The number of nitrogen functional groups attached to an aromatic ring is 1. The molecule has 1 aliphatic heterocycles. The molecule has 0 amide bonds. The van der Waals surface area contributed by atoms with Crippen LogP contribution in [0.4, 0.5) is 5.69 Å². The largest absolute Gasteiger partial charge is 0.438 e. The van der Waals surface area contributed by atoms with Crippen LogP contribution in [0.15, 0.2) is 66.7 Å². The van der Waals surface area contributed by atoms with Gasteiger partial charge in [0.2, 0.25) is 5.88 Å². The van der Waals surface area contributed by atoms with E-state index in [1.165, 1.54) is 0 Å². The van der Waals surface area contributed by atoms with Crippen molar-refractivity contribution in [2.24, 2.45) is 0 Å². The van der Waals surface area contributed by atoms with Crippen LogP contribution in [-0.4, -0.2) is 10.8 Å². The summed E-state index contributed by atoms with van der Waals surface area (Å²) in [5.41, 5.74) is 11.5. The first kappa shape index (κ1) is 17.2. The second kappa shape index (κ2) is 6.42. The minimum Gasteiger partial charge on any atom is -0.438 e. The maximum atomic E-state index is 12.7. The minimum atomic E-state index is -0.137. The van der Waals surface area contributed by atoms with E-state index in [0.29, 0.717) is 23.6 Å². The maximum Gasteiger partial charge on any atom is 0.225 e. The van der Waals surface area contributed by atoms with Crippen molar-refractivity contribution in [2.45, 2.75) is 25.2 Å². The van der Waals surface area contributed by atoms with Crippen LogP contribution in [0.2, 0.25) is 0 Å². The van der Waals surface area contributed by atoms with Gasteiger partial charge in [-0.3, -0.25) is 4.79 Å². The molecule has 2 aliphatic rings. The van der Waals surface area contributed by atoms with E-state index in [0.717, 1.165) is 51.7 Å². The lowest BCUT2D eigenvalue weighted by molar-refractivity contribution is 0.0972. The van der Waals surface area contributed by atoms with Gasteiger partial charge in [-0.15, -0.1) is 0 Å². The van der Waals surface area contributed by atoms with Crippen LogP contribution in [0.25, 0.3) is 10.8 Å². The molecule has 0 bridgehead atoms. The van der Waals surface area contributed by atoms with Crippen molar-refractivity contribution in [3.8, 4) is 11.6 Å². The van der Waals surface area contributed by atoms with Crippen molar-refractivity contribution >= 4 is 22.2 Å². The van der Waals surface area contributed by atoms with Crippen LogP contribution < -0.4 is 10.5 Å². The van der Waals surface area contributed by atoms with E-state index < -0.39 is 0 Å². The number of hydrogen-bond acceptors (Lipinski definition) is 4. The van der Waals surface area contributed by atoms with Gasteiger partial charge in [-0.1, -0.05) is 66.7 Å². The molecule has 2 heterocycles. The number of ether oxygens (including phenoxy) is 1. The number of anilines is 1. The van der Waals surface area contributed by atoms with Crippen molar-refractivity contribution in [1.29, 1.82) is 0 Å². The summed E-state index contributed by atoms with van der Waals surface area (Å²) in [5, 5.41) is 2.17. The summed E-state index contributed by atoms with van der Waals surface area (Å²) in [5.74, 6) is 1.30. The van der Waals surface area contributed by atoms with Gasteiger partial charge in [-0.05, 0) is 23.8 Å². The maximum absolute atomic E-state index is 12.7. The van der Waals surface area contributed by atoms with Crippen molar-refractivity contribution in [3.63, 3.8) is 0 Å². The van der Waals surface area contributed by atoms with Crippen molar-refractivity contribution < 1.29 is 9.53 Å². The lowest BCUT2D eigenvalue weighted by Gasteiger charge is -2.32. The third-order valence-electron chi connectivity index (χ3n) is 6.25. The number of nitrogens with zero attached hydrogens (tertiary/aromatic N) is 1. The lowest BCUT2D eigenvalue weighted by Crippen LogP contribution is -2.22. The van der Waals surface area contributed by atoms with E-state index in [1.54, 1.807) is 0 Å². The van der Waals surface area contributed by atoms with Gasteiger partial charge < -0.3 is 10.5 Å². The standard InChI is InChI=1S/C26H20N2O2/c27-24-22-19(11-6-12-20(22)29)28-26-23(24)21(16-8-2-1-3-9-16)18-14-13-15-7-4-5-10-17(15)25(18)30-26/h1-5,7-10,13-14,21H,6,11-12H2,(H2,27,28). The van der Waals surface area contributed by atoms with Crippen molar-refractivity contribution in [2.75, 3.05) is 5.73 Å². The summed E-state index contributed by atoms with van der Waals surface area (Å²) >= 11 is 0.